The topological polar surface area (TPSA) is 85.4 Å². The molecule has 0 spiro atoms. The van der Waals surface area contributed by atoms with E-state index < -0.39 is 10.8 Å². The molecule has 1 amide bonds. The van der Waals surface area contributed by atoms with Gasteiger partial charge in [0.15, 0.2) is 0 Å². The van der Waals surface area contributed by atoms with Crippen molar-refractivity contribution in [1.82, 2.24) is 5.32 Å². The molecule has 0 fully saturated rings. The van der Waals surface area contributed by atoms with E-state index in [0.717, 1.165) is 5.76 Å². The summed E-state index contributed by atoms with van der Waals surface area (Å²) in [4.78, 5) is 22.5. The Bertz CT molecular complexity index is 622. The molecule has 1 N–H and O–H groups in total. The van der Waals surface area contributed by atoms with E-state index in [2.05, 4.69) is 5.32 Å². The van der Waals surface area contributed by atoms with Crippen molar-refractivity contribution in [2.75, 3.05) is 0 Å². The first-order chi connectivity index (χ1) is 10.1. The van der Waals surface area contributed by atoms with Crippen LogP contribution in [0.2, 0.25) is 0 Å². The van der Waals surface area contributed by atoms with E-state index in [1.54, 1.807) is 12.3 Å². The second kappa shape index (κ2) is 6.69. The summed E-state index contributed by atoms with van der Waals surface area (Å²) in [5, 5.41) is 13.7. The highest BCUT2D eigenvalue weighted by Gasteiger charge is 2.20. The first kappa shape index (κ1) is 14.8. The minimum atomic E-state index is -0.553. The molecular formula is C15H16N2O4. The maximum atomic E-state index is 12.1. The van der Waals surface area contributed by atoms with E-state index in [0.29, 0.717) is 12.8 Å². The van der Waals surface area contributed by atoms with Crippen molar-refractivity contribution in [3.05, 3.63) is 64.1 Å². The Labute approximate surface area is 121 Å². The average Bonchev–Trinajstić information content (AvgIpc) is 2.98. The first-order valence-corrected chi connectivity index (χ1v) is 6.64. The summed E-state index contributed by atoms with van der Waals surface area (Å²) in [7, 11) is 0. The Morgan fingerprint density at radius 1 is 1.33 bits per heavy atom. The lowest BCUT2D eigenvalue weighted by molar-refractivity contribution is -0.385. The van der Waals surface area contributed by atoms with Crippen molar-refractivity contribution < 1.29 is 14.1 Å². The molecule has 2 rings (SSSR count). The number of benzene rings is 1. The fraction of sp³-hybridized carbons (Fsp3) is 0.267. The molecule has 110 valence electrons. The van der Waals surface area contributed by atoms with Gasteiger partial charge >= 0.3 is 0 Å². The highest BCUT2D eigenvalue weighted by molar-refractivity contribution is 5.98. The van der Waals surface area contributed by atoms with Crippen molar-refractivity contribution in [3.63, 3.8) is 0 Å². The number of amides is 1. The van der Waals surface area contributed by atoms with Gasteiger partial charge in [0, 0.05) is 18.5 Å². The summed E-state index contributed by atoms with van der Waals surface area (Å²) in [6, 6.07) is 9.49. The number of nitrogens with one attached hydrogen (secondary N) is 1. The lowest BCUT2D eigenvalue weighted by Gasteiger charge is -2.13. The van der Waals surface area contributed by atoms with E-state index in [4.69, 9.17) is 4.42 Å². The summed E-state index contributed by atoms with van der Waals surface area (Å²) >= 11 is 0. The van der Waals surface area contributed by atoms with Crippen LogP contribution in [0.4, 0.5) is 5.69 Å². The molecule has 2 aromatic rings. The number of hydrogen-bond acceptors (Lipinski definition) is 4. The van der Waals surface area contributed by atoms with Gasteiger partial charge in [0.1, 0.15) is 11.3 Å². The molecule has 0 aliphatic carbocycles. The molecule has 1 atom stereocenters. The van der Waals surface area contributed by atoms with Crippen LogP contribution in [0.1, 0.15) is 29.5 Å². The molecule has 0 saturated carbocycles. The Morgan fingerprint density at radius 2 is 2.10 bits per heavy atom. The number of nitro groups is 1. The molecule has 0 aliphatic heterocycles. The summed E-state index contributed by atoms with van der Waals surface area (Å²) < 4.78 is 5.22. The van der Waals surface area contributed by atoms with Crippen LogP contribution in [-0.2, 0) is 6.42 Å². The fourth-order valence-electron chi connectivity index (χ4n) is 2.01. The van der Waals surface area contributed by atoms with Gasteiger partial charge in [-0.05, 0) is 31.5 Å². The molecular weight excluding hydrogens is 272 g/mol. The van der Waals surface area contributed by atoms with E-state index in [1.165, 1.54) is 18.2 Å². The number of nitro benzene ring substituents is 1. The van der Waals surface area contributed by atoms with Crippen molar-refractivity contribution in [2.45, 2.75) is 25.8 Å². The van der Waals surface area contributed by atoms with Crippen LogP contribution in [0, 0.1) is 10.1 Å². The molecule has 6 nitrogen and oxygen atoms in total. The predicted molar refractivity (Wildman–Crippen MR) is 77.1 cm³/mol. The summed E-state index contributed by atoms with van der Waals surface area (Å²) in [6.45, 7) is 1.86. The molecule has 21 heavy (non-hydrogen) atoms. The molecule has 1 aromatic carbocycles. The molecule has 0 aliphatic rings. The maximum absolute atomic E-state index is 12.1. The maximum Gasteiger partial charge on any atom is 0.282 e. The van der Waals surface area contributed by atoms with Crippen LogP contribution in [0.3, 0.4) is 0 Å². The summed E-state index contributed by atoms with van der Waals surface area (Å²) in [6.07, 6.45) is 3.00. The molecule has 1 unspecified atom stereocenters. The van der Waals surface area contributed by atoms with E-state index >= 15 is 0 Å². The van der Waals surface area contributed by atoms with Crippen LogP contribution in [0.15, 0.2) is 47.1 Å². The Kier molecular flexibility index (Phi) is 4.71. The molecule has 1 aromatic heterocycles. The SMILES string of the molecule is CC(CCc1ccco1)NC(=O)c1ccccc1[N+](=O)[O-]. The second-order valence-corrected chi connectivity index (χ2v) is 4.77. The smallest absolute Gasteiger partial charge is 0.282 e. The van der Waals surface area contributed by atoms with Crippen LogP contribution in [-0.4, -0.2) is 16.9 Å². The minimum absolute atomic E-state index is 0.0762. The van der Waals surface area contributed by atoms with Crippen molar-refractivity contribution in [1.29, 1.82) is 0 Å². The summed E-state index contributed by atoms with van der Waals surface area (Å²) in [5.74, 6) is 0.413. The van der Waals surface area contributed by atoms with Crippen molar-refractivity contribution >= 4 is 11.6 Å². The third-order valence-corrected chi connectivity index (χ3v) is 3.13. The summed E-state index contributed by atoms with van der Waals surface area (Å²) in [5.41, 5.74) is -0.111. The number of hydrogen-bond donors (Lipinski definition) is 1. The first-order valence-electron chi connectivity index (χ1n) is 6.64. The molecule has 0 radical (unpaired) electrons. The number of carbonyl (C=O) groups is 1. The average molecular weight is 288 g/mol. The lowest BCUT2D eigenvalue weighted by atomic mass is 10.1. The number of nitrogens with zero attached hydrogens (tertiary/aromatic N) is 1. The lowest BCUT2D eigenvalue weighted by Crippen LogP contribution is -2.33. The van der Waals surface area contributed by atoms with Crippen LogP contribution >= 0.6 is 0 Å². The Morgan fingerprint density at radius 3 is 2.76 bits per heavy atom. The quantitative estimate of drug-likeness (QED) is 0.654. The zero-order valence-electron chi connectivity index (χ0n) is 11.6. The Balaban J connectivity index is 1.96. The highest BCUT2D eigenvalue weighted by atomic mass is 16.6. The molecule has 6 heteroatoms. The normalized spacial score (nSPS) is 11.9. The van der Waals surface area contributed by atoms with Gasteiger partial charge in [-0.25, -0.2) is 0 Å². The zero-order valence-corrected chi connectivity index (χ0v) is 11.6. The third kappa shape index (κ3) is 3.92. The largest absolute Gasteiger partial charge is 0.469 e. The van der Waals surface area contributed by atoms with Gasteiger partial charge in [-0.2, -0.15) is 0 Å². The van der Waals surface area contributed by atoms with E-state index in [1.807, 2.05) is 19.1 Å². The number of aryl methyl sites for hydroxylation is 1. The third-order valence-electron chi connectivity index (χ3n) is 3.13. The highest BCUT2D eigenvalue weighted by Crippen LogP contribution is 2.17. The molecule has 0 bridgehead atoms. The van der Waals surface area contributed by atoms with Gasteiger partial charge in [0.2, 0.25) is 0 Å². The standard InChI is InChI=1S/C15H16N2O4/c1-11(8-9-12-5-4-10-21-12)16-15(18)13-6-2-3-7-14(13)17(19)20/h2-7,10-11H,8-9H2,1H3,(H,16,18). The van der Waals surface area contributed by atoms with E-state index in [-0.39, 0.29) is 17.3 Å². The molecule has 0 saturated heterocycles. The van der Waals surface area contributed by atoms with E-state index in [9.17, 15) is 14.9 Å². The fourth-order valence-corrected chi connectivity index (χ4v) is 2.01. The number of furan rings is 1. The van der Waals surface area contributed by atoms with Gasteiger partial charge in [0.05, 0.1) is 11.2 Å². The number of para-hydroxylation sites is 1. The van der Waals surface area contributed by atoms with Gasteiger partial charge in [-0.1, -0.05) is 12.1 Å². The predicted octanol–water partition coefficient (Wildman–Crippen LogP) is 2.94. The van der Waals surface area contributed by atoms with Gasteiger partial charge < -0.3 is 9.73 Å². The van der Waals surface area contributed by atoms with Crippen molar-refractivity contribution in [3.8, 4) is 0 Å². The van der Waals surface area contributed by atoms with Crippen LogP contribution < -0.4 is 5.32 Å². The number of carbonyl (C=O) groups excluding carboxylic acids is 1. The minimum Gasteiger partial charge on any atom is -0.469 e. The Hall–Kier alpha value is -2.63. The van der Waals surface area contributed by atoms with Gasteiger partial charge in [-0.15, -0.1) is 0 Å². The van der Waals surface area contributed by atoms with Gasteiger partial charge in [-0.3, -0.25) is 14.9 Å². The zero-order chi connectivity index (χ0) is 15.2. The molecule has 1 heterocycles. The van der Waals surface area contributed by atoms with Crippen LogP contribution in [0.25, 0.3) is 0 Å². The van der Waals surface area contributed by atoms with Gasteiger partial charge in [0.25, 0.3) is 11.6 Å². The second-order valence-electron chi connectivity index (χ2n) is 4.77. The number of rotatable bonds is 6. The monoisotopic (exact) mass is 288 g/mol. The van der Waals surface area contributed by atoms with Crippen molar-refractivity contribution in [2.24, 2.45) is 0 Å². The van der Waals surface area contributed by atoms with Crippen LogP contribution in [0.5, 0.6) is 0 Å².